The summed E-state index contributed by atoms with van der Waals surface area (Å²) < 4.78 is 37.8. The predicted octanol–water partition coefficient (Wildman–Crippen LogP) is 4.43. The van der Waals surface area contributed by atoms with Crippen LogP contribution in [0.25, 0.3) is 0 Å². The van der Waals surface area contributed by atoms with Gasteiger partial charge in [0.2, 0.25) is 0 Å². The summed E-state index contributed by atoms with van der Waals surface area (Å²) in [5.74, 6) is -1.45. The van der Waals surface area contributed by atoms with Gasteiger partial charge in [0.05, 0.1) is 16.5 Å². The second-order valence-corrected chi connectivity index (χ2v) is 3.98. The summed E-state index contributed by atoms with van der Waals surface area (Å²) in [5.41, 5.74) is -1.82. The summed E-state index contributed by atoms with van der Waals surface area (Å²) in [4.78, 5) is 11.2. The number of hydrogen-bond donors (Lipinski definition) is 0. The van der Waals surface area contributed by atoms with Crippen LogP contribution in [0.3, 0.4) is 0 Å². The highest BCUT2D eigenvalue weighted by molar-refractivity contribution is 6.37. The zero-order chi connectivity index (χ0) is 12.5. The zero-order valence-electron chi connectivity index (χ0n) is 7.54. The zero-order valence-corrected chi connectivity index (χ0v) is 9.81. The van der Waals surface area contributed by atoms with Gasteiger partial charge < -0.3 is 0 Å². The fraction of sp³-hybridized carbons (Fsp3) is 0.222. The number of halogens is 6. The normalized spacial score (nSPS) is 11.6. The van der Waals surface area contributed by atoms with Crippen molar-refractivity contribution in [3.63, 3.8) is 0 Å². The van der Waals surface area contributed by atoms with E-state index in [9.17, 15) is 18.0 Å². The van der Waals surface area contributed by atoms with Gasteiger partial charge in [-0.05, 0) is 12.1 Å². The molecule has 0 atom stereocenters. The van der Waals surface area contributed by atoms with E-state index in [0.717, 1.165) is 12.1 Å². The molecule has 0 bridgehead atoms. The van der Waals surface area contributed by atoms with Crippen LogP contribution >= 0.6 is 34.8 Å². The molecule has 0 spiro atoms. The first kappa shape index (κ1) is 13.6. The van der Waals surface area contributed by atoms with Crippen LogP contribution in [0.15, 0.2) is 12.1 Å². The predicted molar refractivity (Wildman–Crippen MR) is 56.5 cm³/mol. The summed E-state index contributed by atoms with van der Waals surface area (Å²) in [7, 11) is 0. The fourth-order valence-corrected chi connectivity index (χ4v) is 1.90. The minimum atomic E-state index is -4.72. The van der Waals surface area contributed by atoms with Gasteiger partial charge in [-0.15, -0.1) is 11.6 Å². The van der Waals surface area contributed by atoms with E-state index >= 15 is 0 Å². The van der Waals surface area contributed by atoms with Crippen LogP contribution < -0.4 is 0 Å². The molecule has 0 fully saturated rings. The van der Waals surface area contributed by atoms with Gasteiger partial charge in [-0.2, -0.15) is 13.2 Å². The third-order valence-electron chi connectivity index (χ3n) is 1.76. The van der Waals surface area contributed by atoms with Crippen LogP contribution in [0.2, 0.25) is 10.0 Å². The Morgan fingerprint density at radius 2 is 1.81 bits per heavy atom. The lowest BCUT2D eigenvalue weighted by atomic mass is 10.0. The molecule has 88 valence electrons. The molecule has 0 unspecified atom stereocenters. The van der Waals surface area contributed by atoms with E-state index in [4.69, 9.17) is 34.8 Å². The van der Waals surface area contributed by atoms with Crippen molar-refractivity contribution in [3.05, 3.63) is 33.3 Å². The van der Waals surface area contributed by atoms with E-state index in [1.165, 1.54) is 0 Å². The van der Waals surface area contributed by atoms with E-state index in [1.54, 1.807) is 0 Å². The third kappa shape index (κ3) is 2.81. The minimum Gasteiger partial charge on any atom is -0.293 e. The maximum atomic E-state index is 12.6. The number of rotatable bonds is 2. The Labute approximate surface area is 104 Å². The quantitative estimate of drug-likeness (QED) is 0.582. The molecule has 0 saturated carbocycles. The van der Waals surface area contributed by atoms with Gasteiger partial charge >= 0.3 is 6.18 Å². The molecule has 0 radical (unpaired) electrons. The monoisotopic (exact) mass is 290 g/mol. The molecule has 1 nitrogen and oxygen atoms in total. The summed E-state index contributed by atoms with van der Waals surface area (Å²) in [5, 5.41) is -0.667. The van der Waals surface area contributed by atoms with Crippen molar-refractivity contribution in [2.75, 3.05) is 5.88 Å². The highest BCUT2D eigenvalue weighted by atomic mass is 35.5. The molecule has 0 aliphatic rings. The number of ketones is 1. The third-order valence-corrected chi connectivity index (χ3v) is 2.52. The summed E-state index contributed by atoms with van der Waals surface area (Å²) in [6.07, 6.45) is -4.72. The van der Waals surface area contributed by atoms with E-state index < -0.39 is 34.0 Å². The highest BCUT2D eigenvalue weighted by Gasteiger charge is 2.37. The van der Waals surface area contributed by atoms with Crippen molar-refractivity contribution in [2.45, 2.75) is 6.18 Å². The highest BCUT2D eigenvalue weighted by Crippen LogP contribution is 2.39. The number of Topliss-reactive ketones (excluding diaryl/α,β-unsaturated/α-hetero) is 1. The van der Waals surface area contributed by atoms with Crippen LogP contribution in [0.1, 0.15) is 15.9 Å². The molecule has 7 heteroatoms. The smallest absolute Gasteiger partial charge is 0.293 e. The summed E-state index contributed by atoms with van der Waals surface area (Å²) in [6.45, 7) is 0. The Bertz CT molecular complexity index is 429. The summed E-state index contributed by atoms with van der Waals surface area (Å²) in [6, 6.07) is 1.83. The van der Waals surface area contributed by atoms with Crippen molar-refractivity contribution < 1.29 is 18.0 Å². The van der Waals surface area contributed by atoms with Gasteiger partial charge in [0, 0.05) is 10.6 Å². The Morgan fingerprint density at radius 3 is 2.25 bits per heavy atom. The summed E-state index contributed by atoms with van der Waals surface area (Å²) >= 11 is 16.2. The average molecular weight is 291 g/mol. The standard InChI is InChI=1S/C9H4Cl3F3O/c10-3-7(16)5-1-4(11)2-6(12)8(5)9(13,14)15/h1-2H,3H2. The molecule has 1 rings (SSSR count). The van der Waals surface area contributed by atoms with Crippen molar-refractivity contribution in [1.29, 1.82) is 0 Å². The number of hydrogen-bond acceptors (Lipinski definition) is 1. The second-order valence-electron chi connectivity index (χ2n) is 2.86. The van der Waals surface area contributed by atoms with Crippen molar-refractivity contribution in [1.82, 2.24) is 0 Å². The molecule has 0 aliphatic carbocycles. The molecule has 16 heavy (non-hydrogen) atoms. The molecule has 1 aromatic rings. The Kier molecular flexibility index (Phi) is 4.10. The van der Waals surface area contributed by atoms with Crippen LogP contribution in [-0.4, -0.2) is 11.7 Å². The maximum absolute atomic E-state index is 12.6. The van der Waals surface area contributed by atoms with Crippen LogP contribution in [0, 0.1) is 0 Å². The van der Waals surface area contributed by atoms with Crippen LogP contribution in [0.4, 0.5) is 13.2 Å². The van der Waals surface area contributed by atoms with Gasteiger partial charge in [-0.1, -0.05) is 23.2 Å². The van der Waals surface area contributed by atoms with Gasteiger partial charge in [0.1, 0.15) is 0 Å². The molecule has 0 aliphatic heterocycles. The molecule has 1 aromatic carbocycles. The number of benzene rings is 1. The van der Waals surface area contributed by atoms with Crippen LogP contribution in [-0.2, 0) is 6.18 Å². The van der Waals surface area contributed by atoms with E-state index in [-0.39, 0.29) is 5.02 Å². The Balaban J connectivity index is 3.51. The molecular weight excluding hydrogens is 287 g/mol. The molecule has 0 saturated heterocycles. The van der Waals surface area contributed by atoms with E-state index in [0.29, 0.717) is 0 Å². The molecule has 0 heterocycles. The first-order chi connectivity index (χ1) is 7.27. The van der Waals surface area contributed by atoms with Gasteiger partial charge in [0.15, 0.2) is 5.78 Å². The largest absolute Gasteiger partial charge is 0.418 e. The molecular formula is C9H4Cl3F3O. The van der Waals surface area contributed by atoms with Gasteiger partial charge in [-0.3, -0.25) is 4.79 Å². The number of alkyl halides is 4. The minimum absolute atomic E-state index is 0.0496. The lowest BCUT2D eigenvalue weighted by Gasteiger charge is -2.13. The number of carbonyl (C=O) groups excluding carboxylic acids is 1. The van der Waals surface area contributed by atoms with Crippen LogP contribution in [0.5, 0.6) is 0 Å². The van der Waals surface area contributed by atoms with Gasteiger partial charge in [0.25, 0.3) is 0 Å². The maximum Gasteiger partial charge on any atom is 0.418 e. The Morgan fingerprint density at radius 1 is 1.25 bits per heavy atom. The van der Waals surface area contributed by atoms with Gasteiger partial charge in [-0.25, -0.2) is 0 Å². The molecule has 0 aromatic heterocycles. The first-order valence-corrected chi connectivity index (χ1v) is 5.22. The Hall–Kier alpha value is -0.450. The second kappa shape index (κ2) is 4.82. The fourth-order valence-electron chi connectivity index (χ4n) is 1.15. The molecule has 0 amide bonds. The van der Waals surface area contributed by atoms with Crippen molar-refractivity contribution in [3.8, 4) is 0 Å². The van der Waals surface area contributed by atoms with E-state index in [2.05, 4.69) is 0 Å². The SMILES string of the molecule is O=C(CCl)c1cc(Cl)cc(Cl)c1C(F)(F)F. The van der Waals surface area contributed by atoms with Crippen molar-refractivity contribution >= 4 is 40.6 Å². The molecule has 0 N–H and O–H groups in total. The van der Waals surface area contributed by atoms with Crippen molar-refractivity contribution in [2.24, 2.45) is 0 Å². The number of carbonyl (C=O) groups is 1. The average Bonchev–Trinajstić information content (AvgIpc) is 2.12. The first-order valence-electron chi connectivity index (χ1n) is 3.92. The topological polar surface area (TPSA) is 17.1 Å². The lowest BCUT2D eigenvalue weighted by molar-refractivity contribution is -0.137. The van der Waals surface area contributed by atoms with E-state index in [1.807, 2.05) is 0 Å². The lowest BCUT2D eigenvalue weighted by Crippen LogP contribution is -2.14.